The first kappa shape index (κ1) is 16.3. The van der Waals surface area contributed by atoms with Crippen molar-refractivity contribution in [1.29, 1.82) is 0 Å². The number of carbonyl (C=O) groups is 1. The van der Waals surface area contributed by atoms with Crippen LogP contribution in [0.25, 0.3) is 0 Å². The summed E-state index contributed by atoms with van der Waals surface area (Å²) in [6.07, 6.45) is 2.02. The molecule has 17 heavy (non-hydrogen) atoms. The zero-order valence-electron chi connectivity index (χ0n) is 9.89. The van der Waals surface area contributed by atoms with Crippen LogP contribution in [0.3, 0.4) is 0 Å². The average molecular weight is 274 g/mol. The summed E-state index contributed by atoms with van der Waals surface area (Å²) >= 11 is 0. The molecule has 0 saturated carbocycles. The maximum atomic E-state index is 13.3. The summed E-state index contributed by atoms with van der Waals surface area (Å²) in [5, 5.41) is 0. The first-order valence-corrected chi connectivity index (χ1v) is 5.20. The predicted octanol–water partition coefficient (Wildman–Crippen LogP) is 2.92. The first-order valence-electron chi connectivity index (χ1n) is 5.20. The fourth-order valence-electron chi connectivity index (χ4n) is 1.32. The molecule has 0 aromatic heterocycles. The van der Waals surface area contributed by atoms with Crippen molar-refractivity contribution >= 4 is 11.6 Å². The molecule has 0 fully saturated rings. The molecule has 0 heterocycles. The Balaban J connectivity index is 0.00000256. The number of benzene rings is 1. The van der Waals surface area contributed by atoms with Crippen LogP contribution in [0.2, 0.25) is 0 Å². The van der Waals surface area contributed by atoms with E-state index < -0.39 is 11.6 Å². The second-order valence-corrected chi connectivity index (χ2v) is 3.56. The molecule has 2 nitrogen and oxygen atoms in total. The summed E-state index contributed by atoms with van der Waals surface area (Å²) in [4.78, 5) is 12.8. The number of hydrogen-bond donors (Lipinski definition) is 0. The first-order chi connectivity index (χ1) is 7.56. The third kappa shape index (κ3) is 4.56. The molecule has 1 aromatic rings. The van der Waals surface area contributed by atoms with Crippen molar-refractivity contribution in [2.24, 2.45) is 0 Å². The molecule has 0 unspecified atom stereocenters. The predicted molar refractivity (Wildman–Crippen MR) is 58.1 cm³/mol. The smallest absolute Gasteiger partial charge is 0.215 e. The SMILES string of the molecule is CCCCC(=O)N(C)c1ccc(F)[c-]c1F.[Ti]. The van der Waals surface area contributed by atoms with Gasteiger partial charge in [0, 0.05) is 46.8 Å². The molecule has 0 spiro atoms. The molecule has 0 saturated heterocycles. The van der Waals surface area contributed by atoms with Gasteiger partial charge in [0.05, 0.1) is 0 Å². The summed E-state index contributed by atoms with van der Waals surface area (Å²) in [5.41, 5.74) is 0.0579. The van der Waals surface area contributed by atoms with Crippen molar-refractivity contribution in [2.45, 2.75) is 26.2 Å². The maximum absolute atomic E-state index is 13.3. The van der Waals surface area contributed by atoms with Gasteiger partial charge in [-0.15, -0.1) is 18.2 Å². The number of nitrogens with zero attached hydrogens (tertiary/aromatic N) is 1. The van der Waals surface area contributed by atoms with Gasteiger partial charge in [0.1, 0.15) is 0 Å². The zero-order chi connectivity index (χ0) is 12.1. The average Bonchev–Trinajstić information content (AvgIpc) is 2.25. The van der Waals surface area contributed by atoms with Gasteiger partial charge in [-0.1, -0.05) is 13.3 Å². The fourth-order valence-corrected chi connectivity index (χ4v) is 1.32. The van der Waals surface area contributed by atoms with Gasteiger partial charge < -0.3 is 4.90 Å². The van der Waals surface area contributed by atoms with Crippen LogP contribution in [0.1, 0.15) is 26.2 Å². The van der Waals surface area contributed by atoms with Gasteiger partial charge in [-0.2, -0.15) is 0 Å². The van der Waals surface area contributed by atoms with Crippen molar-refractivity contribution in [3.63, 3.8) is 0 Å². The number of unbranched alkanes of at least 4 members (excludes halogenated alkanes) is 1. The van der Waals surface area contributed by atoms with E-state index in [2.05, 4.69) is 0 Å². The summed E-state index contributed by atoms with van der Waals surface area (Å²) in [7, 11) is 1.47. The molecule has 0 radical (unpaired) electrons. The van der Waals surface area contributed by atoms with Crippen molar-refractivity contribution < 1.29 is 35.3 Å². The number of rotatable bonds is 4. The molecule has 1 aromatic carbocycles. The van der Waals surface area contributed by atoms with Crippen LogP contribution in [-0.4, -0.2) is 13.0 Å². The van der Waals surface area contributed by atoms with Crippen LogP contribution in [0, 0.1) is 17.7 Å². The van der Waals surface area contributed by atoms with Gasteiger partial charge >= 0.3 is 0 Å². The maximum Gasteiger partial charge on any atom is 0.215 e. The van der Waals surface area contributed by atoms with E-state index in [-0.39, 0.29) is 33.3 Å². The molecule has 0 aliphatic rings. The molecule has 92 valence electrons. The Morgan fingerprint density at radius 2 is 2.06 bits per heavy atom. The fraction of sp³-hybridized carbons (Fsp3) is 0.417. The van der Waals surface area contributed by atoms with Gasteiger partial charge in [0.2, 0.25) is 5.91 Å². The monoisotopic (exact) mass is 274 g/mol. The van der Waals surface area contributed by atoms with Gasteiger partial charge in [-0.25, -0.2) is 8.78 Å². The molecular formula is C12H14F2NOTi-. The summed E-state index contributed by atoms with van der Waals surface area (Å²) in [6, 6.07) is 4.23. The van der Waals surface area contributed by atoms with Crippen LogP contribution in [0.15, 0.2) is 12.1 Å². The third-order valence-electron chi connectivity index (χ3n) is 2.32. The van der Waals surface area contributed by atoms with Gasteiger partial charge in [-0.05, 0) is 12.1 Å². The van der Waals surface area contributed by atoms with Crippen LogP contribution in [-0.2, 0) is 26.5 Å². The number of carbonyl (C=O) groups excluding carboxylic acids is 1. The van der Waals surface area contributed by atoms with Crippen LogP contribution in [0.4, 0.5) is 14.5 Å². The molecule has 0 atom stereocenters. The Morgan fingerprint density at radius 1 is 1.41 bits per heavy atom. The number of amides is 1. The second kappa shape index (κ2) is 7.56. The Morgan fingerprint density at radius 3 is 2.59 bits per heavy atom. The van der Waals surface area contributed by atoms with E-state index >= 15 is 0 Å². The molecule has 0 aliphatic carbocycles. The van der Waals surface area contributed by atoms with Crippen molar-refractivity contribution in [2.75, 3.05) is 11.9 Å². The summed E-state index contributed by atoms with van der Waals surface area (Å²) in [6.45, 7) is 1.97. The van der Waals surface area contributed by atoms with Crippen LogP contribution >= 0.6 is 0 Å². The Hall–Kier alpha value is -0.736. The van der Waals surface area contributed by atoms with E-state index in [9.17, 15) is 13.6 Å². The molecule has 1 amide bonds. The summed E-state index contributed by atoms with van der Waals surface area (Å²) < 4.78 is 25.9. The normalized spacial score (nSPS) is 9.65. The molecule has 0 bridgehead atoms. The zero-order valence-corrected chi connectivity index (χ0v) is 11.4. The van der Waals surface area contributed by atoms with E-state index in [1.165, 1.54) is 18.0 Å². The number of anilines is 1. The second-order valence-electron chi connectivity index (χ2n) is 3.56. The van der Waals surface area contributed by atoms with Crippen molar-refractivity contribution in [1.82, 2.24) is 0 Å². The molecule has 0 aliphatic heterocycles. The van der Waals surface area contributed by atoms with Crippen molar-refractivity contribution in [3.8, 4) is 0 Å². The van der Waals surface area contributed by atoms with E-state index in [4.69, 9.17) is 0 Å². The molecule has 0 N–H and O–H groups in total. The molecule has 1 rings (SSSR count). The van der Waals surface area contributed by atoms with Gasteiger partial charge in [0.15, 0.2) is 0 Å². The quantitative estimate of drug-likeness (QED) is 0.610. The number of hydrogen-bond acceptors (Lipinski definition) is 1. The van der Waals surface area contributed by atoms with E-state index in [0.717, 1.165) is 18.9 Å². The Bertz CT molecular complexity index is 385. The largest absolute Gasteiger partial charge is 0.366 e. The minimum absolute atomic E-state index is 0. The molecular weight excluding hydrogens is 260 g/mol. The van der Waals surface area contributed by atoms with E-state index in [1.807, 2.05) is 13.0 Å². The van der Waals surface area contributed by atoms with E-state index in [0.29, 0.717) is 6.42 Å². The van der Waals surface area contributed by atoms with E-state index in [1.54, 1.807) is 0 Å². The third-order valence-corrected chi connectivity index (χ3v) is 2.32. The standard InChI is InChI=1S/C12H14F2NO.Ti/c1-3-4-5-12(16)15(2)11-7-6-9(13)8-10(11)14;/h6-7H,3-5H2,1-2H3;/q-1;. The Kier molecular flexibility index (Phi) is 7.24. The minimum Gasteiger partial charge on any atom is -0.366 e. The van der Waals surface area contributed by atoms with Gasteiger partial charge in [-0.3, -0.25) is 4.79 Å². The van der Waals surface area contributed by atoms with Crippen LogP contribution < -0.4 is 4.90 Å². The van der Waals surface area contributed by atoms with Crippen molar-refractivity contribution in [3.05, 3.63) is 29.8 Å². The number of halogens is 2. The van der Waals surface area contributed by atoms with Gasteiger partial charge in [0.25, 0.3) is 0 Å². The topological polar surface area (TPSA) is 20.3 Å². The summed E-state index contributed by atoms with van der Waals surface area (Å²) in [5.74, 6) is -1.79. The minimum atomic E-state index is -0.840. The Labute approximate surface area is 115 Å². The van der Waals surface area contributed by atoms with Crippen LogP contribution in [0.5, 0.6) is 0 Å². The molecule has 5 heteroatoms.